The lowest BCUT2D eigenvalue weighted by atomic mass is 10.1. The summed E-state index contributed by atoms with van der Waals surface area (Å²) in [4.78, 5) is 7.17. The molecule has 1 aliphatic rings. The Kier molecular flexibility index (Phi) is 6.59. The number of nitrogens with one attached hydrogen (secondary N) is 2. The van der Waals surface area contributed by atoms with Crippen LogP contribution in [0.2, 0.25) is 5.02 Å². The van der Waals surface area contributed by atoms with Gasteiger partial charge in [0.15, 0.2) is 5.96 Å². The van der Waals surface area contributed by atoms with Gasteiger partial charge in [-0.25, -0.2) is 4.99 Å². The van der Waals surface area contributed by atoms with Gasteiger partial charge in [0.25, 0.3) is 0 Å². The van der Waals surface area contributed by atoms with Crippen molar-refractivity contribution in [2.75, 3.05) is 24.5 Å². The molecule has 6 heteroatoms. The molecule has 4 nitrogen and oxygen atoms in total. The summed E-state index contributed by atoms with van der Waals surface area (Å²) in [6, 6.07) is 12.7. The first-order chi connectivity index (χ1) is 12.3. The summed E-state index contributed by atoms with van der Waals surface area (Å²) in [5.74, 6) is 0.872. The number of benzene rings is 1. The van der Waals surface area contributed by atoms with E-state index in [4.69, 9.17) is 16.6 Å². The molecule has 1 aromatic carbocycles. The Hall–Kier alpha value is -1.72. The topological polar surface area (TPSA) is 39.7 Å². The van der Waals surface area contributed by atoms with Gasteiger partial charge in [-0.15, -0.1) is 11.3 Å². The van der Waals surface area contributed by atoms with Gasteiger partial charge in [0.2, 0.25) is 0 Å². The fourth-order valence-electron chi connectivity index (χ4n) is 3.00. The standard InChI is InChI=1S/C19H25ClN4S/c1-2-21-19(22-14-15-6-3-4-7-17(15)20)23-16-9-11-24(12-10-16)18-8-5-13-25-18/h3-8,13,16H,2,9-12,14H2,1H3,(H2,21,22,23). The van der Waals surface area contributed by atoms with E-state index in [1.54, 1.807) is 0 Å². The SMILES string of the molecule is CCNC(=NCc1ccccc1Cl)NC1CCN(c2cccs2)CC1. The van der Waals surface area contributed by atoms with Gasteiger partial charge in [-0.1, -0.05) is 29.8 Å². The monoisotopic (exact) mass is 376 g/mol. The molecule has 3 rings (SSSR count). The minimum atomic E-state index is 0.459. The van der Waals surface area contributed by atoms with Crippen molar-refractivity contribution < 1.29 is 0 Å². The number of guanidine groups is 1. The average molecular weight is 377 g/mol. The van der Waals surface area contributed by atoms with Crippen LogP contribution < -0.4 is 15.5 Å². The van der Waals surface area contributed by atoms with Crippen LogP contribution in [0.5, 0.6) is 0 Å². The van der Waals surface area contributed by atoms with Crippen LogP contribution in [-0.2, 0) is 6.54 Å². The van der Waals surface area contributed by atoms with Crippen LogP contribution in [0.15, 0.2) is 46.8 Å². The van der Waals surface area contributed by atoms with Gasteiger partial charge in [0.05, 0.1) is 11.5 Å². The molecule has 1 saturated heterocycles. The number of halogens is 1. The van der Waals surface area contributed by atoms with Gasteiger partial charge in [0.1, 0.15) is 0 Å². The fraction of sp³-hybridized carbons (Fsp3) is 0.421. The Morgan fingerprint density at radius 2 is 2.04 bits per heavy atom. The number of hydrogen-bond acceptors (Lipinski definition) is 3. The quantitative estimate of drug-likeness (QED) is 0.609. The van der Waals surface area contributed by atoms with Gasteiger partial charge < -0.3 is 15.5 Å². The predicted molar refractivity (Wildman–Crippen MR) is 109 cm³/mol. The number of rotatable bonds is 5. The molecule has 0 spiro atoms. The Bertz CT molecular complexity index is 678. The maximum absolute atomic E-state index is 6.23. The Morgan fingerprint density at radius 1 is 1.24 bits per heavy atom. The molecule has 1 aromatic heterocycles. The number of aliphatic imine (C=N–C) groups is 1. The second kappa shape index (κ2) is 9.11. The molecular formula is C19H25ClN4S. The van der Waals surface area contributed by atoms with E-state index in [0.717, 1.165) is 49.0 Å². The lowest BCUT2D eigenvalue weighted by Gasteiger charge is -2.33. The number of nitrogens with zero attached hydrogens (tertiary/aromatic N) is 2. The first kappa shape index (κ1) is 18.1. The summed E-state index contributed by atoms with van der Waals surface area (Å²) in [5.41, 5.74) is 1.05. The lowest BCUT2D eigenvalue weighted by Crippen LogP contribution is -2.48. The molecular weight excluding hydrogens is 352 g/mol. The Labute approximate surface area is 158 Å². The number of thiophene rings is 1. The van der Waals surface area contributed by atoms with E-state index >= 15 is 0 Å². The molecule has 2 heterocycles. The Balaban J connectivity index is 1.55. The third-order valence-electron chi connectivity index (χ3n) is 4.36. The largest absolute Gasteiger partial charge is 0.363 e. The molecule has 0 saturated carbocycles. The summed E-state index contributed by atoms with van der Waals surface area (Å²) < 4.78 is 0. The van der Waals surface area contributed by atoms with E-state index in [9.17, 15) is 0 Å². The van der Waals surface area contributed by atoms with Crippen molar-refractivity contribution in [3.63, 3.8) is 0 Å². The minimum absolute atomic E-state index is 0.459. The number of piperidine rings is 1. The zero-order chi connectivity index (χ0) is 17.5. The van der Waals surface area contributed by atoms with Gasteiger partial charge >= 0.3 is 0 Å². The summed E-state index contributed by atoms with van der Waals surface area (Å²) >= 11 is 8.04. The van der Waals surface area contributed by atoms with Crippen molar-refractivity contribution in [3.8, 4) is 0 Å². The van der Waals surface area contributed by atoms with E-state index in [0.29, 0.717) is 12.6 Å². The van der Waals surface area contributed by atoms with Crippen molar-refractivity contribution in [3.05, 3.63) is 52.4 Å². The summed E-state index contributed by atoms with van der Waals surface area (Å²) in [5, 5.41) is 11.2. The highest BCUT2D eigenvalue weighted by Crippen LogP contribution is 2.24. The van der Waals surface area contributed by atoms with Gasteiger partial charge in [-0.05, 0) is 48.9 Å². The van der Waals surface area contributed by atoms with Gasteiger partial charge in [-0.2, -0.15) is 0 Å². The molecule has 1 aliphatic heterocycles. The van der Waals surface area contributed by atoms with E-state index in [1.807, 2.05) is 35.6 Å². The van der Waals surface area contributed by atoms with Crippen LogP contribution in [0, 0.1) is 0 Å². The number of hydrogen-bond donors (Lipinski definition) is 2. The summed E-state index contributed by atoms with van der Waals surface area (Å²) in [6.07, 6.45) is 2.24. The van der Waals surface area contributed by atoms with Crippen LogP contribution in [-0.4, -0.2) is 31.6 Å². The molecule has 134 valence electrons. The molecule has 0 aliphatic carbocycles. The molecule has 2 aromatic rings. The van der Waals surface area contributed by atoms with Gasteiger partial charge in [0, 0.05) is 30.7 Å². The fourth-order valence-corrected chi connectivity index (χ4v) is 3.98. The first-order valence-electron chi connectivity index (χ1n) is 8.83. The molecule has 2 N–H and O–H groups in total. The molecule has 25 heavy (non-hydrogen) atoms. The van der Waals surface area contributed by atoms with Crippen molar-refractivity contribution in [1.82, 2.24) is 10.6 Å². The number of anilines is 1. The molecule has 0 radical (unpaired) electrons. The smallest absolute Gasteiger partial charge is 0.191 e. The highest BCUT2D eigenvalue weighted by molar-refractivity contribution is 7.14. The van der Waals surface area contributed by atoms with Crippen molar-refractivity contribution in [2.45, 2.75) is 32.4 Å². The summed E-state index contributed by atoms with van der Waals surface area (Å²) in [7, 11) is 0. The van der Waals surface area contributed by atoms with E-state index in [-0.39, 0.29) is 0 Å². The van der Waals surface area contributed by atoms with Crippen LogP contribution >= 0.6 is 22.9 Å². The first-order valence-corrected chi connectivity index (χ1v) is 10.1. The van der Waals surface area contributed by atoms with Crippen LogP contribution in [0.1, 0.15) is 25.3 Å². The minimum Gasteiger partial charge on any atom is -0.363 e. The van der Waals surface area contributed by atoms with E-state index in [1.165, 1.54) is 5.00 Å². The normalized spacial score (nSPS) is 16.1. The average Bonchev–Trinajstić information content (AvgIpc) is 3.16. The van der Waals surface area contributed by atoms with Crippen LogP contribution in [0.25, 0.3) is 0 Å². The third kappa shape index (κ3) is 5.13. The van der Waals surface area contributed by atoms with Gasteiger partial charge in [-0.3, -0.25) is 0 Å². The molecule has 0 unspecified atom stereocenters. The van der Waals surface area contributed by atoms with E-state index in [2.05, 4.69) is 40.0 Å². The molecule has 0 bridgehead atoms. The highest BCUT2D eigenvalue weighted by Gasteiger charge is 2.20. The van der Waals surface area contributed by atoms with Crippen molar-refractivity contribution in [1.29, 1.82) is 0 Å². The van der Waals surface area contributed by atoms with E-state index < -0.39 is 0 Å². The zero-order valence-corrected chi connectivity index (χ0v) is 16.1. The lowest BCUT2D eigenvalue weighted by molar-refractivity contribution is 0.463. The maximum Gasteiger partial charge on any atom is 0.191 e. The zero-order valence-electron chi connectivity index (χ0n) is 14.5. The van der Waals surface area contributed by atoms with Crippen LogP contribution in [0.3, 0.4) is 0 Å². The predicted octanol–water partition coefficient (Wildman–Crippen LogP) is 4.13. The Morgan fingerprint density at radius 3 is 2.72 bits per heavy atom. The van der Waals surface area contributed by atoms with Crippen molar-refractivity contribution in [2.24, 2.45) is 4.99 Å². The second-order valence-electron chi connectivity index (χ2n) is 6.14. The maximum atomic E-state index is 6.23. The molecule has 1 fully saturated rings. The summed E-state index contributed by atoms with van der Waals surface area (Å²) in [6.45, 7) is 5.70. The third-order valence-corrected chi connectivity index (χ3v) is 5.66. The van der Waals surface area contributed by atoms with Crippen molar-refractivity contribution >= 4 is 33.9 Å². The second-order valence-corrected chi connectivity index (χ2v) is 7.48. The van der Waals surface area contributed by atoms with Crippen LogP contribution in [0.4, 0.5) is 5.00 Å². The molecule has 0 amide bonds. The highest BCUT2D eigenvalue weighted by atomic mass is 35.5. The molecule has 0 atom stereocenters.